The van der Waals surface area contributed by atoms with Crippen molar-refractivity contribution in [3.63, 3.8) is 0 Å². The van der Waals surface area contributed by atoms with Gasteiger partial charge in [0.05, 0.1) is 11.6 Å². The van der Waals surface area contributed by atoms with E-state index in [1.165, 1.54) is 0 Å². The van der Waals surface area contributed by atoms with Crippen LogP contribution >= 0.6 is 11.6 Å². The second kappa shape index (κ2) is 6.50. The van der Waals surface area contributed by atoms with Crippen molar-refractivity contribution < 1.29 is 14.6 Å². The third-order valence-electron chi connectivity index (χ3n) is 2.40. The van der Waals surface area contributed by atoms with Gasteiger partial charge in [0.2, 0.25) is 0 Å². The first kappa shape index (κ1) is 13.8. The number of hydrogen-bond donors (Lipinski definition) is 1. The Morgan fingerprint density at radius 2 is 2.24 bits per heavy atom. The zero-order valence-electron chi connectivity index (χ0n) is 10.1. The van der Waals surface area contributed by atoms with Gasteiger partial charge in [-0.3, -0.25) is 4.79 Å². The summed E-state index contributed by atoms with van der Waals surface area (Å²) >= 11 is 6.06. The number of rotatable bonds is 6. The molecule has 0 radical (unpaired) electrons. The van der Waals surface area contributed by atoms with Gasteiger partial charge < -0.3 is 9.84 Å². The van der Waals surface area contributed by atoms with Crippen molar-refractivity contribution in [2.75, 3.05) is 6.61 Å². The molecule has 0 bridgehead atoms. The van der Waals surface area contributed by atoms with E-state index < -0.39 is 5.97 Å². The molecule has 0 saturated carbocycles. The number of halogens is 1. The molecule has 94 valence electrons. The molecule has 1 rings (SSSR count). The standard InChI is InChI=1S/C13H17ClO3/c1-3-17-12-5-4-10(8-11(12)14)6-9(2)7-13(15)16/h4-5,8-9H,3,6-7H2,1-2H3,(H,15,16). The highest BCUT2D eigenvalue weighted by atomic mass is 35.5. The maximum atomic E-state index is 10.6. The molecule has 3 nitrogen and oxygen atoms in total. The monoisotopic (exact) mass is 256 g/mol. The first-order valence-corrected chi connectivity index (χ1v) is 6.03. The number of aliphatic carboxylic acids is 1. The van der Waals surface area contributed by atoms with E-state index in [2.05, 4.69) is 0 Å². The highest BCUT2D eigenvalue weighted by molar-refractivity contribution is 6.32. The normalized spacial score (nSPS) is 12.2. The Bertz CT molecular complexity index is 390. The number of carboxylic acids is 1. The number of ether oxygens (including phenoxy) is 1. The summed E-state index contributed by atoms with van der Waals surface area (Å²) in [6, 6.07) is 5.59. The van der Waals surface area contributed by atoms with E-state index in [4.69, 9.17) is 21.4 Å². The van der Waals surface area contributed by atoms with Gasteiger partial charge >= 0.3 is 5.97 Å². The minimum Gasteiger partial charge on any atom is -0.492 e. The van der Waals surface area contributed by atoms with E-state index in [-0.39, 0.29) is 12.3 Å². The van der Waals surface area contributed by atoms with Crippen molar-refractivity contribution in [2.45, 2.75) is 26.7 Å². The van der Waals surface area contributed by atoms with E-state index in [9.17, 15) is 4.79 Å². The third kappa shape index (κ3) is 4.65. The molecule has 17 heavy (non-hydrogen) atoms. The largest absolute Gasteiger partial charge is 0.492 e. The lowest BCUT2D eigenvalue weighted by Crippen LogP contribution is -2.07. The molecule has 0 heterocycles. The second-order valence-corrected chi connectivity index (χ2v) is 4.51. The Kier molecular flexibility index (Phi) is 5.29. The fraction of sp³-hybridized carbons (Fsp3) is 0.462. The first-order valence-electron chi connectivity index (χ1n) is 5.66. The quantitative estimate of drug-likeness (QED) is 0.849. The highest BCUT2D eigenvalue weighted by Crippen LogP contribution is 2.26. The molecule has 0 saturated heterocycles. The summed E-state index contributed by atoms with van der Waals surface area (Å²) in [6.07, 6.45) is 0.878. The predicted molar refractivity (Wildman–Crippen MR) is 67.7 cm³/mol. The Labute approximate surface area is 106 Å². The van der Waals surface area contributed by atoms with Crippen LogP contribution in [0.2, 0.25) is 5.02 Å². The summed E-state index contributed by atoms with van der Waals surface area (Å²) in [7, 11) is 0. The second-order valence-electron chi connectivity index (χ2n) is 4.10. The minimum atomic E-state index is -0.769. The smallest absolute Gasteiger partial charge is 0.303 e. The summed E-state index contributed by atoms with van der Waals surface area (Å²) < 4.78 is 5.34. The molecule has 0 aromatic heterocycles. The van der Waals surface area contributed by atoms with Crippen LogP contribution in [-0.4, -0.2) is 17.7 Å². The van der Waals surface area contributed by atoms with Gasteiger partial charge in [-0.15, -0.1) is 0 Å². The van der Waals surface area contributed by atoms with Gasteiger partial charge in [-0.1, -0.05) is 24.6 Å². The summed E-state index contributed by atoms with van der Waals surface area (Å²) in [5.41, 5.74) is 1.03. The van der Waals surface area contributed by atoms with Crippen molar-refractivity contribution in [1.29, 1.82) is 0 Å². The molecular formula is C13H17ClO3. The lowest BCUT2D eigenvalue weighted by Gasteiger charge is -2.11. The van der Waals surface area contributed by atoms with Gasteiger partial charge in [0.15, 0.2) is 0 Å². The molecule has 1 unspecified atom stereocenters. The van der Waals surface area contributed by atoms with Gasteiger partial charge in [-0.05, 0) is 37.0 Å². The Balaban J connectivity index is 2.66. The molecule has 0 amide bonds. The van der Waals surface area contributed by atoms with Crippen LogP contribution < -0.4 is 4.74 Å². The van der Waals surface area contributed by atoms with Gasteiger partial charge in [0, 0.05) is 6.42 Å². The lowest BCUT2D eigenvalue weighted by molar-refractivity contribution is -0.137. The fourth-order valence-electron chi connectivity index (χ4n) is 1.72. The molecule has 0 aliphatic rings. The molecule has 4 heteroatoms. The van der Waals surface area contributed by atoms with Crippen LogP contribution in [0.1, 0.15) is 25.8 Å². The number of benzene rings is 1. The minimum absolute atomic E-state index is 0.0986. The van der Waals surface area contributed by atoms with Crippen molar-refractivity contribution in [2.24, 2.45) is 5.92 Å². The van der Waals surface area contributed by atoms with E-state index >= 15 is 0 Å². The first-order chi connectivity index (χ1) is 8.02. The van der Waals surface area contributed by atoms with Crippen molar-refractivity contribution >= 4 is 17.6 Å². The molecule has 0 spiro atoms. The molecule has 0 aliphatic heterocycles. The van der Waals surface area contributed by atoms with Crippen molar-refractivity contribution in [1.82, 2.24) is 0 Å². The summed E-state index contributed by atoms with van der Waals surface area (Å²) in [6.45, 7) is 4.39. The average molecular weight is 257 g/mol. The maximum absolute atomic E-state index is 10.6. The highest BCUT2D eigenvalue weighted by Gasteiger charge is 2.10. The summed E-state index contributed by atoms with van der Waals surface area (Å²) in [5.74, 6) is -0.000141. The zero-order chi connectivity index (χ0) is 12.8. The summed E-state index contributed by atoms with van der Waals surface area (Å²) in [4.78, 5) is 10.6. The van der Waals surface area contributed by atoms with Gasteiger partial charge in [0.1, 0.15) is 5.75 Å². The Hall–Kier alpha value is -1.22. The van der Waals surface area contributed by atoms with Gasteiger partial charge in [0.25, 0.3) is 0 Å². The van der Waals surface area contributed by atoms with Crippen LogP contribution in [0.15, 0.2) is 18.2 Å². The Morgan fingerprint density at radius 1 is 1.53 bits per heavy atom. The maximum Gasteiger partial charge on any atom is 0.303 e. The van der Waals surface area contributed by atoms with Crippen LogP contribution in [0.3, 0.4) is 0 Å². The van der Waals surface area contributed by atoms with Crippen LogP contribution in [0.25, 0.3) is 0 Å². The van der Waals surface area contributed by atoms with Crippen molar-refractivity contribution in [3.05, 3.63) is 28.8 Å². The summed E-state index contributed by atoms with van der Waals surface area (Å²) in [5, 5.41) is 9.26. The van der Waals surface area contributed by atoms with Gasteiger partial charge in [-0.25, -0.2) is 0 Å². The fourth-order valence-corrected chi connectivity index (χ4v) is 1.97. The van der Waals surface area contributed by atoms with Crippen LogP contribution in [0.4, 0.5) is 0 Å². The van der Waals surface area contributed by atoms with Crippen LogP contribution in [0.5, 0.6) is 5.75 Å². The SMILES string of the molecule is CCOc1ccc(CC(C)CC(=O)O)cc1Cl. The molecule has 1 atom stereocenters. The van der Waals surface area contributed by atoms with E-state index in [1.807, 2.05) is 32.0 Å². The molecule has 0 fully saturated rings. The third-order valence-corrected chi connectivity index (χ3v) is 2.70. The topological polar surface area (TPSA) is 46.5 Å². The van der Waals surface area contributed by atoms with E-state index in [0.29, 0.717) is 23.8 Å². The van der Waals surface area contributed by atoms with Crippen molar-refractivity contribution in [3.8, 4) is 5.75 Å². The predicted octanol–water partition coefficient (Wildman–Crippen LogP) is 3.39. The van der Waals surface area contributed by atoms with E-state index in [0.717, 1.165) is 5.56 Å². The van der Waals surface area contributed by atoms with Gasteiger partial charge in [-0.2, -0.15) is 0 Å². The van der Waals surface area contributed by atoms with Crippen LogP contribution in [0, 0.1) is 5.92 Å². The lowest BCUT2D eigenvalue weighted by atomic mass is 9.98. The van der Waals surface area contributed by atoms with Crippen LogP contribution in [-0.2, 0) is 11.2 Å². The zero-order valence-corrected chi connectivity index (χ0v) is 10.8. The number of carboxylic acid groups (broad SMARTS) is 1. The van der Waals surface area contributed by atoms with E-state index in [1.54, 1.807) is 0 Å². The Morgan fingerprint density at radius 3 is 2.76 bits per heavy atom. The molecule has 0 aliphatic carbocycles. The molecule has 1 aromatic rings. The number of carbonyl (C=O) groups is 1. The molecule has 1 aromatic carbocycles. The molecule has 1 N–H and O–H groups in total. The molecular weight excluding hydrogens is 240 g/mol. The number of hydrogen-bond acceptors (Lipinski definition) is 2. The average Bonchev–Trinajstić information content (AvgIpc) is 2.21.